The fourth-order valence-electron chi connectivity index (χ4n) is 6.63. The Morgan fingerprint density at radius 1 is 0.971 bits per heavy atom. The Labute approximate surface area is 203 Å². The highest BCUT2D eigenvalue weighted by Gasteiger charge is 2.59. The Morgan fingerprint density at radius 2 is 1.62 bits per heavy atom. The summed E-state index contributed by atoms with van der Waals surface area (Å²) in [4.78, 5) is 6.92. The van der Waals surface area contributed by atoms with E-state index in [1.807, 2.05) is 12.1 Å². The van der Waals surface area contributed by atoms with Crippen LogP contribution in [0.15, 0.2) is 24.3 Å². The molecule has 10 heteroatoms. The van der Waals surface area contributed by atoms with Crippen LogP contribution in [0.25, 0.3) is 0 Å². The van der Waals surface area contributed by atoms with Gasteiger partial charge in [-0.2, -0.15) is 0 Å². The van der Waals surface area contributed by atoms with E-state index in [4.69, 9.17) is 26.8 Å². The minimum Gasteiger partial charge on any atom is -0.380 e. The first kappa shape index (κ1) is 22.1. The van der Waals surface area contributed by atoms with E-state index in [-0.39, 0.29) is 12.1 Å². The normalized spacial score (nSPS) is 29.8. The molecule has 8 nitrogen and oxygen atoms in total. The van der Waals surface area contributed by atoms with Crippen LogP contribution in [0, 0.1) is 23.6 Å². The first-order valence-electron chi connectivity index (χ1n) is 11.9. The standard InChI is InChI=1S/C24H30ClFN6O2/c1-33-24(34-2)22-16-11-31(12-17(16)22)19-7-13(5-6-18(19)26)32-14-3-4-15(32)10-30(9-14)20-8-21(25)28-29-23(20)27/h5-8,14-17,22,24H,3-4,9-12H2,1-2H3,(H2,27,29)/t14?,15?,16-,17+,22?. The summed E-state index contributed by atoms with van der Waals surface area (Å²) in [6.45, 7) is 3.32. The first-order valence-corrected chi connectivity index (χ1v) is 12.3. The highest BCUT2D eigenvalue weighted by atomic mass is 35.5. The molecule has 34 heavy (non-hydrogen) atoms. The number of hydrogen-bond donors (Lipinski definition) is 1. The Balaban J connectivity index is 1.19. The molecule has 182 valence electrons. The van der Waals surface area contributed by atoms with Crippen molar-refractivity contribution in [2.45, 2.75) is 31.2 Å². The van der Waals surface area contributed by atoms with E-state index >= 15 is 0 Å². The number of fused-ring (bicyclic) bond motifs is 3. The molecular weight excluding hydrogens is 459 g/mol. The second-order valence-corrected chi connectivity index (χ2v) is 10.3. The highest BCUT2D eigenvalue weighted by molar-refractivity contribution is 6.29. The van der Waals surface area contributed by atoms with E-state index in [0.717, 1.165) is 50.4 Å². The summed E-state index contributed by atoms with van der Waals surface area (Å²) in [6, 6.07) is 8.02. The zero-order valence-corrected chi connectivity index (χ0v) is 20.2. The summed E-state index contributed by atoms with van der Waals surface area (Å²) in [6.07, 6.45) is 2.01. The number of aromatic nitrogens is 2. The molecule has 1 saturated carbocycles. The van der Waals surface area contributed by atoms with Crippen molar-refractivity contribution >= 4 is 34.5 Å². The van der Waals surface area contributed by atoms with E-state index < -0.39 is 0 Å². The third-order valence-corrected chi connectivity index (χ3v) is 8.39. The zero-order valence-electron chi connectivity index (χ0n) is 19.4. The second-order valence-electron chi connectivity index (χ2n) is 9.92. The minimum absolute atomic E-state index is 0.159. The summed E-state index contributed by atoms with van der Waals surface area (Å²) in [7, 11) is 3.37. The highest BCUT2D eigenvalue weighted by Crippen LogP contribution is 2.55. The summed E-state index contributed by atoms with van der Waals surface area (Å²) in [5, 5.41) is 8.16. The lowest BCUT2D eigenvalue weighted by Crippen LogP contribution is -2.54. The molecule has 2 bridgehead atoms. The monoisotopic (exact) mass is 488 g/mol. The number of halogens is 2. The van der Waals surface area contributed by atoms with E-state index in [1.54, 1.807) is 26.4 Å². The van der Waals surface area contributed by atoms with Crippen molar-refractivity contribution in [1.82, 2.24) is 10.2 Å². The predicted molar refractivity (Wildman–Crippen MR) is 130 cm³/mol. The van der Waals surface area contributed by atoms with Crippen molar-refractivity contribution in [3.63, 3.8) is 0 Å². The van der Waals surface area contributed by atoms with Gasteiger partial charge in [-0.15, -0.1) is 10.2 Å². The van der Waals surface area contributed by atoms with Crippen molar-refractivity contribution in [3.8, 4) is 0 Å². The lowest BCUT2D eigenvalue weighted by Gasteiger charge is -2.43. The number of rotatable bonds is 6. The van der Waals surface area contributed by atoms with Crippen molar-refractivity contribution < 1.29 is 13.9 Å². The average Bonchev–Trinajstić information content (AvgIpc) is 3.17. The average molecular weight is 489 g/mol. The number of ether oxygens (including phenoxy) is 2. The number of nitrogens with two attached hydrogens (primary N) is 1. The maximum atomic E-state index is 14.9. The van der Waals surface area contributed by atoms with Crippen LogP contribution in [0.5, 0.6) is 0 Å². The Kier molecular flexibility index (Phi) is 5.46. The SMILES string of the molecule is COC(OC)C1[C@H]2CN(c3cc(N4C5CCC4CN(c4cc(Cl)nnc4N)C5)ccc3F)C[C@@H]12. The van der Waals surface area contributed by atoms with Crippen LogP contribution < -0.4 is 20.4 Å². The van der Waals surface area contributed by atoms with Gasteiger partial charge in [-0.3, -0.25) is 0 Å². The molecule has 3 unspecified atom stereocenters. The molecule has 4 fully saturated rings. The van der Waals surface area contributed by atoms with E-state index in [0.29, 0.717) is 46.5 Å². The van der Waals surface area contributed by atoms with Gasteiger partial charge >= 0.3 is 0 Å². The summed E-state index contributed by atoms with van der Waals surface area (Å²) in [5.74, 6) is 1.65. The largest absolute Gasteiger partial charge is 0.380 e. The molecule has 0 spiro atoms. The van der Waals surface area contributed by atoms with E-state index in [1.165, 1.54) is 0 Å². The number of methoxy groups -OCH3 is 2. The van der Waals surface area contributed by atoms with E-state index in [2.05, 4.69) is 24.9 Å². The van der Waals surface area contributed by atoms with Gasteiger partial charge in [0.1, 0.15) is 5.82 Å². The van der Waals surface area contributed by atoms with Crippen LogP contribution in [-0.2, 0) is 9.47 Å². The lowest BCUT2D eigenvalue weighted by atomic mass is 10.1. The molecule has 4 aliphatic rings. The summed E-state index contributed by atoms with van der Waals surface area (Å²) < 4.78 is 25.9. The number of nitrogen functional groups attached to an aromatic ring is 1. The number of piperidine rings is 1. The fourth-order valence-corrected chi connectivity index (χ4v) is 6.77. The van der Waals surface area contributed by atoms with Crippen LogP contribution in [0.3, 0.4) is 0 Å². The number of hydrogen-bond acceptors (Lipinski definition) is 8. The zero-order chi connectivity index (χ0) is 23.6. The van der Waals surface area contributed by atoms with Crippen molar-refractivity contribution in [2.24, 2.45) is 17.8 Å². The van der Waals surface area contributed by atoms with Gasteiger partial charge in [0.15, 0.2) is 17.3 Å². The van der Waals surface area contributed by atoms with Gasteiger partial charge in [-0.25, -0.2) is 4.39 Å². The Bertz CT molecular complexity index is 1060. The van der Waals surface area contributed by atoms with Crippen LogP contribution in [0.2, 0.25) is 5.15 Å². The van der Waals surface area contributed by atoms with Crippen molar-refractivity contribution in [2.75, 3.05) is 60.8 Å². The molecule has 3 aliphatic heterocycles. The van der Waals surface area contributed by atoms with Crippen molar-refractivity contribution in [3.05, 3.63) is 35.2 Å². The lowest BCUT2D eigenvalue weighted by molar-refractivity contribution is -0.121. The number of nitrogens with zero attached hydrogens (tertiary/aromatic N) is 5. The minimum atomic E-state index is -0.167. The van der Waals surface area contributed by atoms with Gasteiger partial charge < -0.3 is 29.9 Å². The molecule has 1 aromatic heterocycles. The Hall–Kier alpha value is -2.36. The first-order chi connectivity index (χ1) is 16.5. The van der Waals surface area contributed by atoms with Gasteiger partial charge in [0.2, 0.25) is 0 Å². The molecule has 2 N–H and O–H groups in total. The quantitative estimate of drug-likeness (QED) is 0.622. The van der Waals surface area contributed by atoms with Crippen LogP contribution in [-0.4, -0.2) is 69.0 Å². The van der Waals surface area contributed by atoms with Gasteiger partial charge in [0, 0.05) is 70.2 Å². The van der Waals surface area contributed by atoms with Crippen molar-refractivity contribution in [1.29, 1.82) is 0 Å². The van der Waals surface area contributed by atoms with Crippen LogP contribution in [0.4, 0.5) is 27.3 Å². The van der Waals surface area contributed by atoms with Crippen LogP contribution >= 0.6 is 11.6 Å². The number of benzene rings is 1. The molecular formula is C24H30ClFN6O2. The van der Waals surface area contributed by atoms with Gasteiger partial charge in [-0.1, -0.05) is 11.6 Å². The Morgan fingerprint density at radius 3 is 2.26 bits per heavy atom. The molecule has 1 aliphatic carbocycles. The molecule has 3 saturated heterocycles. The molecule has 0 radical (unpaired) electrons. The van der Waals surface area contributed by atoms with E-state index in [9.17, 15) is 4.39 Å². The second kappa shape index (κ2) is 8.39. The van der Waals surface area contributed by atoms with Gasteiger partial charge in [-0.05, 0) is 42.9 Å². The maximum Gasteiger partial charge on any atom is 0.169 e. The maximum absolute atomic E-state index is 14.9. The third kappa shape index (κ3) is 3.56. The van der Waals surface area contributed by atoms with Gasteiger partial charge in [0.05, 0.1) is 11.4 Å². The molecule has 0 amide bonds. The summed E-state index contributed by atoms with van der Waals surface area (Å²) >= 11 is 6.08. The topological polar surface area (TPSA) is 80.0 Å². The number of piperazine rings is 1. The van der Waals surface area contributed by atoms with Crippen LogP contribution in [0.1, 0.15) is 12.8 Å². The fraction of sp³-hybridized carbons (Fsp3) is 0.583. The smallest absolute Gasteiger partial charge is 0.169 e. The molecule has 5 atom stereocenters. The van der Waals surface area contributed by atoms with Gasteiger partial charge in [0.25, 0.3) is 0 Å². The molecule has 2 aromatic rings. The predicted octanol–water partition coefficient (Wildman–Crippen LogP) is 3.01. The third-order valence-electron chi connectivity index (χ3n) is 8.20. The molecule has 4 heterocycles. The molecule has 1 aromatic carbocycles. The number of anilines is 4. The summed E-state index contributed by atoms with van der Waals surface area (Å²) in [5.41, 5.74) is 8.72. The molecule has 6 rings (SSSR count).